The number of carboxylic acids is 1. The van der Waals surface area contributed by atoms with Crippen molar-refractivity contribution in [2.75, 3.05) is 11.9 Å². The van der Waals surface area contributed by atoms with Crippen molar-refractivity contribution in [1.29, 1.82) is 0 Å². The summed E-state index contributed by atoms with van der Waals surface area (Å²) in [5, 5.41) is 9.64. The van der Waals surface area contributed by atoms with Gasteiger partial charge in [0.25, 0.3) is 0 Å². The van der Waals surface area contributed by atoms with Gasteiger partial charge in [-0.25, -0.2) is 4.79 Å². The largest absolute Gasteiger partial charge is 0.478 e. The SMILES string of the molecule is CC1CCC(C(=O)N(C)c2ccc(Oc3ccccc3C(F)(F)F)cc2C(=O)O)CC1. The molecule has 2 aromatic rings. The van der Waals surface area contributed by atoms with Crippen LogP contribution in [0.25, 0.3) is 0 Å². The van der Waals surface area contributed by atoms with E-state index < -0.39 is 23.5 Å². The van der Waals surface area contributed by atoms with Crippen LogP contribution < -0.4 is 9.64 Å². The zero-order valence-electron chi connectivity index (χ0n) is 17.3. The van der Waals surface area contributed by atoms with Crippen LogP contribution in [0, 0.1) is 11.8 Å². The molecule has 0 radical (unpaired) electrons. The van der Waals surface area contributed by atoms with Crippen LogP contribution in [0.4, 0.5) is 18.9 Å². The fraction of sp³-hybridized carbons (Fsp3) is 0.391. The van der Waals surface area contributed by atoms with Crippen LogP contribution in [-0.2, 0) is 11.0 Å². The van der Waals surface area contributed by atoms with E-state index in [9.17, 15) is 27.9 Å². The molecule has 5 nitrogen and oxygen atoms in total. The van der Waals surface area contributed by atoms with Crippen molar-refractivity contribution < 1.29 is 32.6 Å². The normalized spacial score (nSPS) is 19.0. The molecule has 1 N–H and O–H groups in total. The number of halogens is 3. The Balaban J connectivity index is 1.87. The fourth-order valence-corrected chi connectivity index (χ4v) is 3.86. The number of alkyl halides is 3. The molecule has 1 aliphatic rings. The molecule has 1 amide bonds. The predicted molar refractivity (Wildman–Crippen MR) is 109 cm³/mol. The number of aromatic carboxylic acids is 1. The fourth-order valence-electron chi connectivity index (χ4n) is 3.86. The number of hydrogen-bond donors (Lipinski definition) is 1. The van der Waals surface area contributed by atoms with Gasteiger partial charge in [0.1, 0.15) is 11.5 Å². The number of para-hydroxylation sites is 1. The number of carbonyl (C=O) groups excluding carboxylic acids is 1. The number of anilines is 1. The Labute approximate surface area is 178 Å². The average Bonchev–Trinajstić information content (AvgIpc) is 2.73. The Morgan fingerprint density at radius 1 is 1.06 bits per heavy atom. The minimum absolute atomic E-state index is 0.0646. The van der Waals surface area contributed by atoms with E-state index in [0.717, 1.165) is 43.9 Å². The van der Waals surface area contributed by atoms with Crippen molar-refractivity contribution >= 4 is 17.6 Å². The van der Waals surface area contributed by atoms with Crippen LogP contribution in [-0.4, -0.2) is 24.0 Å². The van der Waals surface area contributed by atoms with E-state index in [4.69, 9.17) is 4.74 Å². The standard InChI is InChI=1S/C23H24F3NO4/c1-14-7-9-15(10-8-14)21(28)27(2)19-12-11-16(13-17(19)22(29)30)31-20-6-4-3-5-18(20)23(24,25)26/h3-6,11-15H,7-10H2,1-2H3,(H,29,30). The molecule has 31 heavy (non-hydrogen) atoms. The van der Waals surface area contributed by atoms with Crippen molar-refractivity contribution in [3.05, 3.63) is 53.6 Å². The van der Waals surface area contributed by atoms with E-state index in [1.807, 2.05) is 0 Å². The molecule has 0 atom stereocenters. The molecule has 0 spiro atoms. The molecule has 0 bridgehead atoms. The lowest BCUT2D eigenvalue weighted by Crippen LogP contribution is -2.35. The number of carbonyl (C=O) groups is 2. The Kier molecular flexibility index (Phi) is 6.57. The first-order chi connectivity index (χ1) is 14.6. The summed E-state index contributed by atoms with van der Waals surface area (Å²) >= 11 is 0. The quantitative estimate of drug-likeness (QED) is 0.627. The second-order valence-electron chi connectivity index (χ2n) is 7.93. The highest BCUT2D eigenvalue weighted by Gasteiger charge is 2.34. The van der Waals surface area contributed by atoms with Crippen molar-refractivity contribution in [2.45, 2.75) is 38.8 Å². The molecule has 2 aromatic carbocycles. The predicted octanol–water partition coefficient (Wildman–Crippen LogP) is 5.99. The maximum absolute atomic E-state index is 13.2. The summed E-state index contributed by atoms with van der Waals surface area (Å²) in [6, 6.07) is 8.58. The molecule has 8 heteroatoms. The number of carboxylic acid groups (broad SMARTS) is 1. The van der Waals surface area contributed by atoms with Crippen molar-refractivity contribution in [2.24, 2.45) is 11.8 Å². The Hall–Kier alpha value is -3.03. The molecule has 0 aliphatic heterocycles. The second-order valence-corrected chi connectivity index (χ2v) is 7.93. The smallest absolute Gasteiger partial charge is 0.419 e. The van der Waals surface area contributed by atoms with Gasteiger partial charge in [-0.3, -0.25) is 4.79 Å². The number of hydrogen-bond acceptors (Lipinski definition) is 3. The van der Waals surface area contributed by atoms with E-state index in [0.29, 0.717) is 5.92 Å². The van der Waals surface area contributed by atoms with Crippen LogP contribution >= 0.6 is 0 Å². The Morgan fingerprint density at radius 3 is 2.32 bits per heavy atom. The summed E-state index contributed by atoms with van der Waals surface area (Å²) in [6.07, 6.45) is -1.22. The lowest BCUT2D eigenvalue weighted by molar-refractivity contribution is -0.138. The van der Waals surface area contributed by atoms with Crippen LogP contribution in [0.5, 0.6) is 11.5 Å². The number of nitrogens with zero attached hydrogens (tertiary/aromatic N) is 1. The molecule has 0 unspecified atom stereocenters. The number of ether oxygens (including phenoxy) is 1. The number of rotatable bonds is 5. The third-order valence-electron chi connectivity index (χ3n) is 5.68. The molecule has 1 saturated carbocycles. The minimum Gasteiger partial charge on any atom is -0.478 e. The third kappa shape index (κ3) is 5.18. The van der Waals surface area contributed by atoms with Gasteiger partial charge < -0.3 is 14.7 Å². The van der Waals surface area contributed by atoms with Gasteiger partial charge in [0.2, 0.25) is 5.91 Å². The van der Waals surface area contributed by atoms with Crippen LogP contribution in [0.15, 0.2) is 42.5 Å². The van der Waals surface area contributed by atoms with E-state index in [-0.39, 0.29) is 28.8 Å². The van der Waals surface area contributed by atoms with Gasteiger partial charge in [-0.2, -0.15) is 13.2 Å². The maximum atomic E-state index is 13.2. The number of amides is 1. The van der Waals surface area contributed by atoms with Crippen molar-refractivity contribution in [3.63, 3.8) is 0 Å². The topological polar surface area (TPSA) is 66.8 Å². The van der Waals surface area contributed by atoms with Gasteiger partial charge in [0, 0.05) is 13.0 Å². The van der Waals surface area contributed by atoms with E-state index >= 15 is 0 Å². The zero-order valence-corrected chi connectivity index (χ0v) is 17.3. The highest BCUT2D eigenvalue weighted by Crippen LogP contribution is 2.39. The van der Waals surface area contributed by atoms with Gasteiger partial charge in [-0.1, -0.05) is 19.1 Å². The van der Waals surface area contributed by atoms with Gasteiger partial charge in [0.15, 0.2) is 0 Å². The van der Waals surface area contributed by atoms with E-state index in [2.05, 4.69) is 6.92 Å². The summed E-state index contributed by atoms with van der Waals surface area (Å²) in [5.74, 6) is -1.56. The van der Waals surface area contributed by atoms with Crippen molar-refractivity contribution in [1.82, 2.24) is 0 Å². The lowest BCUT2D eigenvalue weighted by Gasteiger charge is -2.29. The summed E-state index contributed by atoms with van der Waals surface area (Å²) in [4.78, 5) is 26.0. The highest BCUT2D eigenvalue weighted by atomic mass is 19.4. The molecule has 0 saturated heterocycles. The Bertz CT molecular complexity index is 966. The first-order valence-electron chi connectivity index (χ1n) is 10.1. The Morgan fingerprint density at radius 2 is 1.71 bits per heavy atom. The molecule has 1 aliphatic carbocycles. The lowest BCUT2D eigenvalue weighted by atomic mass is 9.82. The molecule has 3 rings (SSSR count). The van der Waals surface area contributed by atoms with Gasteiger partial charge >= 0.3 is 12.1 Å². The molecular formula is C23H24F3NO4. The second kappa shape index (κ2) is 8.99. The van der Waals surface area contributed by atoms with Crippen LogP contribution in [0.3, 0.4) is 0 Å². The van der Waals surface area contributed by atoms with Gasteiger partial charge in [-0.05, 0) is 61.9 Å². The van der Waals surface area contributed by atoms with Crippen LogP contribution in [0.1, 0.15) is 48.5 Å². The summed E-state index contributed by atoms with van der Waals surface area (Å²) in [7, 11) is 1.52. The van der Waals surface area contributed by atoms with E-state index in [1.54, 1.807) is 0 Å². The maximum Gasteiger partial charge on any atom is 0.419 e. The third-order valence-corrected chi connectivity index (χ3v) is 5.68. The zero-order chi connectivity index (χ0) is 22.8. The molecular weight excluding hydrogens is 411 g/mol. The molecule has 0 aromatic heterocycles. The average molecular weight is 435 g/mol. The number of benzene rings is 2. The monoisotopic (exact) mass is 435 g/mol. The highest BCUT2D eigenvalue weighted by molar-refractivity contribution is 6.02. The molecule has 166 valence electrons. The summed E-state index contributed by atoms with van der Waals surface area (Å²) in [5.41, 5.74) is -1.01. The van der Waals surface area contributed by atoms with Crippen molar-refractivity contribution in [3.8, 4) is 11.5 Å². The molecule has 0 heterocycles. The minimum atomic E-state index is -4.61. The van der Waals surface area contributed by atoms with Crippen LogP contribution in [0.2, 0.25) is 0 Å². The first-order valence-corrected chi connectivity index (χ1v) is 10.1. The summed E-state index contributed by atoms with van der Waals surface area (Å²) in [6.45, 7) is 2.14. The van der Waals surface area contributed by atoms with Gasteiger partial charge in [0.05, 0.1) is 16.8 Å². The molecule has 1 fully saturated rings. The first kappa shape index (κ1) is 22.7. The van der Waals surface area contributed by atoms with E-state index in [1.165, 1.54) is 36.2 Å². The summed E-state index contributed by atoms with van der Waals surface area (Å²) < 4.78 is 45.0. The van der Waals surface area contributed by atoms with Gasteiger partial charge in [-0.15, -0.1) is 0 Å².